The summed E-state index contributed by atoms with van der Waals surface area (Å²) in [4.78, 5) is 37.4. The topological polar surface area (TPSA) is 75.7 Å². The first-order chi connectivity index (χ1) is 13.7. The predicted molar refractivity (Wildman–Crippen MR) is 98.2 cm³/mol. The molecule has 1 fully saturated rings. The highest BCUT2D eigenvalue weighted by molar-refractivity contribution is 6.33. The molecule has 1 heterocycles. The van der Waals surface area contributed by atoms with Crippen LogP contribution in [0.5, 0.6) is 0 Å². The molecule has 0 radical (unpaired) electrons. The number of benzene rings is 2. The molecular weight excluding hydrogens is 413 g/mol. The fraction of sp³-hybridized carbons (Fsp3) is 0.211. The monoisotopic (exact) mass is 426 g/mol. The number of nitrogens with one attached hydrogen (secondary N) is 1. The fourth-order valence-electron chi connectivity index (χ4n) is 2.98. The van der Waals surface area contributed by atoms with Crippen LogP contribution in [-0.2, 0) is 14.3 Å². The normalized spacial score (nSPS) is 16.1. The second kappa shape index (κ2) is 8.12. The molecule has 0 aliphatic carbocycles. The van der Waals surface area contributed by atoms with Gasteiger partial charge in [-0.25, -0.2) is 18.0 Å². The van der Waals surface area contributed by atoms with E-state index < -0.39 is 46.2 Å². The minimum Gasteiger partial charge on any atom is -0.465 e. The van der Waals surface area contributed by atoms with Crippen LogP contribution in [0.3, 0.4) is 0 Å². The third-order valence-electron chi connectivity index (χ3n) is 4.40. The van der Waals surface area contributed by atoms with Crippen LogP contribution in [0.15, 0.2) is 30.3 Å². The van der Waals surface area contributed by atoms with Crippen molar-refractivity contribution in [2.24, 2.45) is 5.92 Å². The predicted octanol–water partition coefficient (Wildman–Crippen LogP) is 3.54. The molecule has 1 N–H and O–H groups in total. The molecule has 1 unspecified atom stereocenters. The summed E-state index contributed by atoms with van der Waals surface area (Å²) in [7, 11) is 1.09. The average Bonchev–Trinajstić information content (AvgIpc) is 3.05. The van der Waals surface area contributed by atoms with Crippen molar-refractivity contribution in [3.63, 3.8) is 0 Å². The zero-order valence-corrected chi connectivity index (χ0v) is 15.7. The minimum atomic E-state index is -0.942. The quantitative estimate of drug-likeness (QED) is 0.759. The highest BCUT2D eigenvalue weighted by Crippen LogP contribution is 2.30. The third-order valence-corrected chi connectivity index (χ3v) is 4.78. The molecule has 10 heteroatoms. The van der Waals surface area contributed by atoms with Crippen LogP contribution in [0.4, 0.5) is 24.5 Å². The molecule has 1 saturated heterocycles. The molecule has 3 rings (SSSR count). The summed E-state index contributed by atoms with van der Waals surface area (Å²) in [5.41, 5.74) is -0.477. The zero-order valence-electron chi connectivity index (χ0n) is 15.0. The number of halogens is 4. The van der Waals surface area contributed by atoms with Gasteiger partial charge in [0, 0.05) is 24.7 Å². The van der Waals surface area contributed by atoms with Crippen molar-refractivity contribution in [2.75, 3.05) is 23.9 Å². The van der Waals surface area contributed by atoms with Crippen molar-refractivity contribution < 1.29 is 32.3 Å². The van der Waals surface area contributed by atoms with Crippen molar-refractivity contribution in [3.8, 4) is 0 Å². The molecule has 29 heavy (non-hydrogen) atoms. The molecule has 2 aromatic rings. The van der Waals surface area contributed by atoms with Crippen molar-refractivity contribution in [1.29, 1.82) is 0 Å². The Morgan fingerprint density at radius 1 is 1.17 bits per heavy atom. The van der Waals surface area contributed by atoms with Crippen LogP contribution >= 0.6 is 11.6 Å². The van der Waals surface area contributed by atoms with Crippen molar-refractivity contribution >= 4 is 40.8 Å². The van der Waals surface area contributed by atoms with Crippen molar-refractivity contribution in [2.45, 2.75) is 6.42 Å². The Hall–Kier alpha value is -3.07. The Kier molecular flexibility index (Phi) is 5.78. The Bertz CT molecular complexity index is 1020. The van der Waals surface area contributed by atoms with E-state index in [0.29, 0.717) is 6.07 Å². The number of amides is 2. The number of esters is 1. The number of ether oxygens (including phenoxy) is 1. The van der Waals surface area contributed by atoms with Gasteiger partial charge in [0.1, 0.15) is 17.5 Å². The number of rotatable bonds is 4. The van der Waals surface area contributed by atoms with Crippen LogP contribution in [0.2, 0.25) is 5.02 Å². The van der Waals surface area contributed by atoms with Crippen LogP contribution in [0, 0.1) is 23.4 Å². The molecule has 0 saturated carbocycles. The zero-order chi connectivity index (χ0) is 21.3. The molecule has 6 nitrogen and oxygen atoms in total. The highest BCUT2D eigenvalue weighted by Gasteiger charge is 2.36. The van der Waals surface area contributed by atoms with Gasteiger partial charge in [-0.05, 0) is 24.3 Å². The summed E-state index contributed by atoms with van der Waals surface area (Å²) in [5.74, 6) is -5.58. The lowest BCUT2D eigenvalue weighted by atomic mass is 10.1. The first-order valence-electron chi connectivity index (χ1n) is 8.35. The molecule has 2 amide bonds. The van der Waals surface area contributed by atoms with E-state index in [1.165, 1.54) is 0 Å². The van der Waals surface area contributed by atoms with Gasteiger partial charge in [-0.15, -0.1) is 0 Å². The van der Waals surface area contributed by atoms with Crippen LogP contribution in [0.1, 0.15) is 16.8 Å². The number of hydrogen-bond donors (Lipinski definition) is 1. The van der Waals surface area contributed by atoms with E-state index in [4.69, 9.17) is 11.6 Å². The van der Waals surface area contributed by atoms with E-state index >= 15 is 0 Å². The summed E-state index contributed by atoms with van der Waals surface area (Å²) >= 11 is 5.73. The maximum atomic E-state index is 14.0. The second-order valence-corrected chi connectivity index (χ2v) is 6.68. The fourth-order valence-corrected chi connectivity index (χ4v) is 3.17. The molecule has 0 spiro atoms. The van der Waals surface area contributed by atoms with E-state index in [-0.39, 0.29) is 29.9 Å². The Balaban J connectivity index is 1.78. The Morgan fingerprint density at radius 2 is 1.90 bits per heavy atom. The molecular formula is C19H14ClF3N2O4. The first kappa shape index (κ1) is 20.7. The van der Waals surface area contributed by atoms with Gasteiger partial charge in [0.2, 0.25) is 11.8 Å². The molecule has 1 aliphatic rings. The van der Waals surface area contributed by atoms with Crippen LogP contribution < -0.4 is 10.2 Å². The third kappa shape index (κ3) is 4.19. The summed E-state index contributed by atoms with van der Waals surface area (Å²) in [6.07, 6.45) is -0.220. The molecule has 0 bridgehead atoms. The second-order valence-electron chi connectivity index (χ2n) is 6.30. The molecule has 152 valence electrons. The maximum absolute atomic E-state index is 14.0. The smallest absolute Gasteiger partial charge is 0.339 e. The highest BCUT2D eigenvalue weighted by atomic mass is 35.5. The lowest BCUT2D eigenvalue weighted by Crippen LogP contribution is -2.28. The summed E-state index contributed by atoms with van der Waals surface area (Å²) in [5, 5.41) is 1.95. The number of carbonyl (C=O) groups is 3. The van der Waals surface area contributed by atoms with Gasteiger partial charge in [-0.2, -0.15) is 0 Å². The molecule has 0 aromatic heterocycles. The lowest BCUT2D eigenvalue weighted by Gasteiger charge is -2.17. The summed E-state index contributed by atoms with van der Waals surface area (Å²) in [6, 6.07) is 4.81. The number of hydrogen-bond acceptors (Lipinski definition) is 4. The lowest BCUT2D eigenvalue weighted by molar-refractivity contribution is -0.122. The molecule has 2 aromatic carbocycles. The van der Waals surface area contributed by atoms with Gasteiger partial charge in [0.15, 0.2) is 0 Å². The largest absolute Gasteiger partial charge is 0.465 e. The SMILES string of the molecule is COC(=O)c1cc(NC(=O)C2CC(=O)N(c3ccc(F)cc3F)C2)cc(F)c1Cl. The van der Waals surface area contributed by atoms with Crippen molar-refractivity contribution in [3.05, 3.63) is 58.4 Å². The number of methoxy groups -OCH3 is 1. The maximum Gasteiger partial charge on any atom is 0.339 e. The van der Waals surface area contributed by atoms with Gasteiger partial charge in [0.05, 0.1) is 29.3 Å². The van der Waals surface area contributed by atoms with E-state index in [2.05, 4.69) is 10.1 Å². The number of nitrogens with zero attached hydrogens (tertiary/aromatic N) is 1. The van der Waals surface area contributed by atoms with E-state index in [1.54, 1.807) is 0 Å². The van der Waals surface area contributed by atoms with E-state index in [0.717, 1.165) is 36.3 Å². The minimum absolute atomic E-state index is 0.0591. The van der Waals surface area contributed by atoms with E-state index in [9.17, 15) is 27.6 Å². The van der Waals surface area contributed by atoms with Gasteiger partial charge in [0.25, 0.3) is 0 Å². The van der Waals surface area contributed by atoms with E-state index in [1.807, 2.05) is 0 Å². The Labute approximate surface area is 168 Å². The molecule has 1 aliphatic heterocycles. The van der Waals surface area contributed by atoms with Gasteiger partial charge in [-0.3, -0.25) is 9.59 Å². The Morgan fingerprint density at radius 3 is 2.55 bits per heavy atom. The first-order valence-corrected chi connectivity index (χ1v) is 8.72. The van der Waals surface area contributed by atoms with Gasteiger partial charge >= 0.3 is 5.97 Å². The average molecular weight is 427 g/mol. The van der Waals surface area contributed by atoms with Crippen molar-refractivity contribution in [1.82, 2.24) is 0 Å². The van der Waals surface area contributed by atoms with Gasteiger partial charge in [-0.1, -0.05) is 11.6 Å². The molecule has 1 atom stereocenters. The number of carbonyl (C=O) groups excluding carboxylic acids is 3. The van der Waals surface area contributed by atoms with Crippen LogP contribution in [-0.4, -0.2) is 31.4 Å². The van der Waals surface area contributed by atoms with Crippen LogP contribution in [0.25, 0.3) is 0 Å². The van der Waals surface area contributed by atoms with Gasteiger partial charge < -0.3 is 15.0 Å². The summed E-state index contributed by atoms with van der Waals surface area (Å²) < 4.78 is 45.5. The number of anilines is 2. The summed E-state index contributed by atoms with van der Waals surface area (Å²) in [6.45, 7) is -0.146. The standard InChI is InChI=1S/C19H14ClF3N2O4/c1-29-19(28)12-6-11(7-14(23)17(12)20)24-18(27)9-4-16(26)25(8-9)15-3-2-10(21)5-13(15)22/h2-3,5-7,9H,4,8H2,1H3,(H,24,27).